The van der Waals surface area contributed by atoms with Gasteiger partial charge in [-0.3, -0.25) is 4.79 Å². The van der Waals surface area contributed by atoms with Gasteiger partial charge in [0.1, 0.15) is 0 Å². The van der Waals surface area contributed by atoms with Crippen molar-refractivity contribution in [2.75, 3.05) is 22.9 Å². The van der Waals surface area contributed by atoms with Crippen molar-refractivity contribution in [2.45, 2.75) is 11.8 Å². The third kappa shape index (κ3) is 3.54. The highest BCUT2D eigenvalue weighted by Crippen LogP contribution is 2.25. The van der Waals surface area contributed by atoms with Gasteiger partial charge in [0.05, 0.1) is 5.75 Å². The van der Waals surface area contributed by atoms with Crippen molar-refractivity contribution in [1.82, 2.24) is 0 Å². The molecule has 1 amide bonds. The van der Waals surface area contributed by atoms with Crippen LogP contribution >= 0.6 is 11.8 Å². The van der Waals surface area contributed by atoms with Crippen molar-refractivity contribution >= 4 is 29.0 Å². The van der Waals surface area contributed by atoms with Gasteiger partial charge < -0.3 is 10.6 Å². The first-order chi connectivity index (χ1) is 9.72. The van der Waals surface area contributed by atoms with Gasteiger partial charge in [-0.1, -0.05) is 30.3 Å². The topological polar surface area (TPSA) is 46.3 Å². The first kappa shape index (κ1) is 14.5. The molecule has 0 atom stereocenters. The van der Waals surface area contributed by atoms with E-state index < -0.39 is 0 Å². The Labute approximate surface area is 123 Å². The summed E-state index contributed by atoms with van der Waals surface area (Å²) in [5.74, 6) is 0.476. The van der Waals surface area contributed by atoms with Crippen molar-refractivity contribution in [1.29, 1.82) is 0 Å². The Morgan fingerprint density at radius 2 is 1.75 bits per heavy atom. The number of carbonyl (C=O) groups is 1. The summed E-state index contributed by atoms with van der Waals surface area (Å²) in [7, 11) is 0. The standard InChI is InChI=1S/C16H18N2OS/c1-2-18(13-8-4-3-5-9-13)16(19)12-20-15-11-7-6-10-14(15)17/h3-11H,2,12,17H2,1H3. The van der Waals surface area contributed by atoms with Crippen molar-refractivity contribution in [3.8, 4) is 0 Å². The first-order valence-corrected chi connectivity index (χ1v) is 7.53. The molecule has 0 heterocycles. The van der Waals surface area contributed by atoms with Crippen molar-refractivity contribution in [3.63, 3.8) is 0 Å². The molecule has 20 heavy (non-hydrogen) atoms. The lowest BCUT2D eigenvalue weighted by atomic mass is 10.3. The zero-order valence-corrected chi connectivity index (χ0v) is 12.3. The lowest BCUT2D eigenvalue weighted by Crippen LogP contribution is -2.32. The molecular formula is C16H18N2OS. The van der Waals surface area contributed by atoms with Crippen LogP contribution in [0.15, 0.2) is 59.5 Å². The van der Waals surface area contributed by atoms with Crippen molar-refractivity contribution in [3.05, 3.63) is 54.6 Å². The summed E-state index contributed by atoms with van der Waals surface area (Å²) in [6, 6.07) is 17.3. The van der Waals surface area contributed by atoms with E-state index in [2.05, 4.69) is 0 Å². The molecule has 2 aromatic rings. The molecule has 0 saturated heterocycles. The molecule has 0 aliphatic rings. The molecule has 2 N–H and O–H groups in total. The van der Waals surface area contributed by atoms with Crippen molar-refractivity contribution < 1.29 is 4.79 Å². The zero-order valence-electron chi connectivity index (χ0n) is 11.5. The average Bonchev–Trinajstić information content (AvgIpc) is 2.48. The van der Waals surface area contributed by atoms with E-state index in [1.54, 1.807) is 4.90 Å². The van der Waals surface area contributed by atoms with Crippen LogP contribution in [0, 0.1) is 0 Å². The van der Waals surface area contributed by atoms with Gasteiger partial charge in [-0.15, -0.1) is 11.8 Å². The number of para-hydroxylation sites is 2. The first-order valence-electron chi connectivity index (χ1n) is 6.55. The van der Waals surface area contributed by atoms with E-state index >= 15 is 0 Å². The second kappa shape index (κ2) is 7.01. The molecule has 4 heteroatoms. The normalized spacial score (nSPS) is 10.2. The molecule has 0 radical (unpaired) electrons. The zero-order chi connectivity index (χ0) is 14.4. The van der Waals surface area contributed by atoms with Gasteiger partial charge in [-0.25, -0.2) is 0 Å². The van der Waals surface area contributed by atoms with Crippen LogP contribution in [-0.2, 0) is 4.79 Å². The number of amides is 1. The predicted molar refractivity (Wildman–Crippen MR) is 86.0 cm³/mol. The minimum Gasteiger partial charge on any atom is -0.398 e. The SMILES string of the molecule is CCN(C(=O)CSc1ccccc1N)c1ccccc1. The van der Waals surface area contributed by atoms with Crippen LogP contribution in [0.1, 0.15) is 6.92 Å². The maximum atomic E-state index is 12.3. The number of benzene rings is 2. The minimum absolute atomic E-state index is 0.0898. The Morgan fingerprint density at radius 3 is 2.40 bits per heavy atom. The van der Waals surface area contributed by atoms with Gasteiger partial charge >= 0.3 is 0 Å². The quantitative estimate of drug-likeness (QED) is 0.677. The summed E-state index contributed by atoms with van der Waals surface area (Å²) in [5, 5.41) is 0. The van der Waals surface area contributed by atoms with Crippen LogP contribution in [0.4, 0.5) is 11.4 Å². The number of nitrogens with two attached hydrogens (primary N) is 1. The molecule has 0 aromatic heterocycles. The third-order valence-corrected chi connectivity index (χ3v) is 4.03. The van der Waals surface area contributed by atoms with Gasteiger partial charge in [0, 0.05) is 22.8 Å². The second-order valence-corrected chi connectivity index (χ2v) is 5.32. The molecule has 3 nitrogen and oxygen atoms in total. The van der Waals surface area contributed by atoms with E-state index in [1.165, 1.54) is 11.8 Å². The molecule has 0 fully saturated rings. The monoisotopic (exact) mass is 286 g/mol. The van der Waals surface area contributed by atoms with Crippen molar-refractivity contribution in [2.24, 2.45) is 0 Å². The number of nitrogens with zero attached hydrogens (tertiary/aromatic N) is 1. The average molecular weight is 286 g/mol. The molecule has 2 rings (SSSR count). The Balaban J connectivity index is 2.02. The number of carbonyl (C=O) groups excluding carboxylic acids is 1. The Kier molecular flexibility index (Phi) is 5.07. The Morgan fingerprint density at radius 1 is 1.10 bits per heavy atom. The minimum atomic E-state index is 0.0898. The van der Waals surface area contributed by atoms with Crippen LogP contribution in [0.2, 0.25) is 0 Å². The van der Waals surface area contributed by atoms with Gasteiger partial charge in [0.15, 0.2) is 0 Å². The van der Waals surface area contributed by atoms with E-state index in [9.17, 15) is 4.79 Å². The summed E-state index contributed by atoms with van der Waals surface area (Å²) in [4.78, 5) is 15.1. The van der Waals surface area contributed by atoms with Gasteiger partial charge in [0.25, 0.3) is 0 Å². The molecule has 0 aliphatic carbocycles. The lowest BCUT2D eigenvalue weighted by molar-refractivity contribution is -0.116. The predicted octanol–water partition coefficient (Wildman–Crippen LogP) is 3.41. The van der Waals surface area contributed by atoms with E-state index in [4.69, 9.17) is 5.73 Å². The van der Waals surface area contributed by atoms with Gasteiger partial charge in [0.2, 0.25) is 5.91 Å². The smallest absolute Gasteiger partial charge is 0.237 e. The van der Waals surface area contributed by atoms with Gasteiger partial charge in [-0.05, 0) is 31.2 Å². The molecule has 0 aliphatic heterocycles. The summed E-state index contributed by atoms with van der Waals surface area (Å²) in [5.41, 5.74) is 7.53. The summed E-state index contributed by atoms with van der Waals surface area (Å²) < 4.78 is 0. The number of anilines is 2. The fourth-order valence-electron chi connectivity index (χ4n) is 1.94. The number of rotatable bonds is 5. The number of thioether (sulfide) groups is 1. The number of hydrogen-bond acceptors (Lipinski definition) is 3. The highest BCUT2D eigenvalue weighted by molar-refractivity contribution is 8.00. The maximum Gasteiger partial charge on any atom is 0.237 e. The highest BCUT2D eigenvalue weighted by Gasteiger charge is 2.14. The lowest BCUT2D eigenvalue weighted by Gasteiger charge is -2.20. The number of hydrogen-bond donors (Lipinski definition) is 1. The summed E-state index contributed by atoms with van der Waals surface area (Å²) in [6.45, 7) is 2.64. The third-order valence-electron chi connectivity index (χ3n) is 2.96. The van der Waals surface area contributed by atoms with Crippen LogP contribution in [-0.4, -0.2) is 18.2 Å². The van der Waals surface area contributed by atoms with Crippen LogP contribution in [0.3, 0.4) is 0 Å². The molecule has 104 valence electrons. The van der Waals surface area contributed by atoms with E-state index in [0.29, 0.717) is 18.0 Å². The summed E-state index contributed by atoms with van der Waals surface area (Å²) >= 11 is 1.48. The molecule has 2 aromatic carbocycles. The summed E-state index contributed by atoms with van der Waals surface area (Å²) in [6.07, 6.45) is 0. The van der Waals surface area contributed by atoms with Crippen LogP contribution < -0.4 is 10.6 Å². The second-order valence-electron chi connectivity index (χ2n) is 4.30. The van der Waals surface area contributed by atoms with E-state index in [-0.39, 0.29) is 5.91 Å². The Hall–Kier alpha value is -1.94. The van der Waals surface area contributed by atoms with E-state index in [1.807, 2.05) is 61.5 Å². The fourth-order valence-corrected chi connectivity index (χ4v) is 2.78. The fraction of sp³-hybridized carbons (Fsp3) is 0.188. The maximum absolute atomic E-state index is 12.3. The number of nitrogen functional groups attached to an aromatic ring is 1. The van der Waals surface area contributed by atoms with Crippen LogP contribution in [0.25, 0.3) is 0 Å². The van der Waals surface area contributed by atoms with Crippen LogP contribution in [0.5, 0.6) is 0 Å². The largest absolute Gasteiger partial charge is 0.398 e. The molecular weight excluding hydrogens is 268 g/mol. The van der Waals surface area contributed by atoms with E-state index in [0.717, 1.165) is 10.6 Å². The molecule has 0 unspecified atom stereocenters. The molecule has 0 bridgehead atoms. The van der Waals surface area contributed by atoms with Gasteiger partial charge in [-0.2, -0.15) is 0 Å². The highest BCUT2D eigenvalue weighted by atomic mass is 32.2. The molecule has 0 saturated carbocycles. The Bertz CT molecular complexity index is 572. The molecule has 0 spiro atoms.